The van der Waals surface area contributed by atoms with Crippen LogP contribution in [0.15, 0.2) is 0 Å². The van der Waals surface area contributed by atoms with Gasteiger partial charge in [-0.15, -0.1) is 0 Å². The van der Waals surface area contributed by atoms with E-state index in [1.54, 1.807) is 0 Å². The zero-order chi connectivity index (χ0) is 12.6. The van der Waals surface area contributed by atoms with E-state index in [1.807, 2.05) is 25.7 Å². The highest BCUT2D eigenvalue weighted by atomic mass is 16.6. The topological polar surface area (TPSA) is 49.8 Å². The van der Waals surface area contributed by atoms with Gasteiger partial charge in [-0.1, -0.05) is 13.3 Å². The summed E-state index contributed by atoms with van der Waals surface area (Å²) >= 11 is 0. The van der Waals surface area contributed by atoms with Crippen molar-refractivity contribution < 1.29 is 14.6 Å². The summed E-state index contributed by atoms with van der Waals surface area (Å²) in [5, 5.41) is 8.89. The first kappa shape index (κ1) is 15.4. The van der Waals surface area contributed by atoms with Crippen LogP contribution in [0.25, 0.3) is 0 Å². The van der Waals surface area contributed by atoms with Crippen LogP contribution in [0.3, 0.4) is 0 Å². The Kier molecular flexibility index (Phi) is 7.34. The van der Waals surface area contributed by atoms with Crippen LogP contribution < -0.4 is 0 Å². The Balaban J connectivity index is 4.02. The van der Waals surface area contributed by atoms with Crippen molar-refractivity contribution >= 4 is 5.97 Å². The molecule has 0 saturated heterocycles. The lowest BCUT2D eigenvalue weighted by atomic mass is 10.2. The smallest absolute Gasteiger partial charge is 0.320 e. The highest BCUT2D eigenvalue weighted by Crippen LogP contribution is 2.07. The van der Waals surface area contributed by atoms with E-state index < -0.39 is 5.60 Å². The molecule has 0 unspecified atom stereocenters. The summed E-state index contributed by atoms with van der Waals surface area (Å²) in [4.78, 5) is 13.5. The number of nitrogens with zero attached hydrogens (tertiary/aromatic N) is 1. The number of carbonyl (C=O) groups excluding carboxylic acids is 1. The molecule has 4 nitrogen and oxygen atoms in total. The number of hydrogen-bond acceptors (Lipinski definition) is 4. The Bertz CT molecular complexity index is 199. The predicted molar refractivity (Wildman–Crippen MR) is 64.3 cm³/mol. The molecule has 0 atom stereocenters. The van der Waals surface area contributed by atoms with Gasteiger partial charge in [0.25, 0.3) is 0 Å². The predicted octanol–water partition coefficient (Wildman–Crippen LogP) is 1.42. The summed E-state index contributed by atoms with van der Waals surface area (Å²) in [5.41, 5.74) is -0.438. The second kappa shape index (κ2) is 7.63. The van der Waals surface area contributed by atoms with Gasteiger partial charge in [0.1, 0.15) is 5.60 Å². The quantitative estimate of drug-likeness (QED) is 0.673. The molecule has 0 amide bonds. The number of aliphatic hydroxyl groups excluding tert-OH is 1. The van der Waals surface area contributed by atoms with E-state index in [2.05, 4.69) is 6.92 Å². The van der Waals surface area contributed by atoms with Crippen molar-refractivity contribution in [3.63, 3.8) is 0 Å². The van der Waals surface area contributed by atoms with Crippen LogP contribution in [-0.4, -0.2) is 47.8 Å². The Morgan fingerprint density at radius 3 is 2.38 bits per heavy atom. The maximum absolute atomic E-state index is 11.6. The van der Waals surface area contributed by atoms with Crippen molar-refractivity contribution in [2.24, 2.45) is 0 Å². The maximum atomic E-state index is 11.6. The first-order valence-electron chi connectivity index (χ1n) is 5.94. The third kappa shape index (κ3) is 8.68. The van der Waals surface area contributed by atoms with E-state index in [0.29, 0.717) is 6.54 Å². The maximum Gasteiger partial charge on any atom is 0.320 e. The molecule has 0 bridgehead atoms. The van der Waals surface area contributed by atoms with Crippen molar-refractivity contribution in [3.05, 3.63) is 0 Å². The molecule has 0 spiro atoms. The fourth-order valence-corrected chi connectivity index (χ4v) is 1.35. The van der Waals surface area contributed by atoms with Gasteiger partial charge >= 0.3 is 5.97 Å². The van der Waals surface area contributed by atoms with Crippen molar-refractivity contribution in [2.45, 2.75) is 46.1 Å². The lowest BCUT2D eigenvalue weighted by Crippen LogP contribution is -2.37. The summed E-state index contributed by atoms with van der Waals surface area (Å²) in [6, 6.07) is 0. The normalized spacial score (nSPS) is 11.9. The highest BCUT2D eigenvalue weighted by Gasteiger charge is 2.18. The standard InChI is InChI=1S/C12H25NO3/c1-5-6-7-13(8-9-14)10-11(15)16-12(2,3)4/h14H,5-10H2,1-4H3. The molecule has 0 radical (unpaired) electrons. The largest absolute Gasteiger partial charge is 0.459 e. The van der Waals surface area contributed by atoms with E-state index in [9.17, 15) is 4.79 Å². The van der Waals surface area contributed by atoms with Gasteiger partial charge in [0, 0.05) is 6.54 Å². The number of ether oxygens (including phenoxy) is 1. The minimum Gasteiger partial charge on any atom is -0.459 e. The summed E-state index contributed by atoms with van der Waals surface area (Å²) in [6.45, 7) is 9.36. The molecule has 0 rings (SSSR count). The average Bonchev–Trinajstić information content (AvgIpc) is 2.11. The van der Waals surface area contributed by atoms with Gasteiger partial charge in [-0.3, -0.25) is 9.69 Å². The number of unbranched alkanes of at least 4 members (excludes halogenated alkanes) is 1. The van der Waals surface area contributed by atoms with Crippen molar-refractivity contribution in [2.75, 3.05) is 26.2 Å². The van der Waals surface area contributed by atoms with Gasteiger partial charge < -0.3 is 9.84 Å². The molecule has 0 aromatic rings. The van der Waals surface area contributed by atoms with Crippen LogP contribution in [0.2, 0.25) is 0 Å². The fraction of sp³-hybridized carbons (Fsp3) is 0.917. The van der Waals surface area contributed by atoms with E-state index >= 15 is 0 Å². The van der Waals surface area contributed by atoms with Gasteiger partial charge in [-0.05, 0) is 33.7 Å². The summed E-state index contributed by atoms with van der Waals surface area (Å²) in [7, 11) is 0. The molecular formula is C12H25NO3. The molecule has 4 heteroatoms. The molecule has 0 aromatic carbocycles. The summed E-state index contributed by atoms with van der Waals surface area (Å²) in [6.07, 6.45) is 2.11. The van der Waals surface area contributed by atoms with Crippen LogP contribution in [0.5, 0.6) is 0 Å². The Labute approximate surface area is 98.6 Å². The van der Waals surface area contributed by atoms with Crippen molar-refractivity contribution in [1.29, 1.82) is 0 Å². The lowest BCUT2D eigenvalue weighted by molar-refractivity contribution is -0.156. The van der Waals surface area contributed by atoms with Crippen molar-refractivity contribution in [1.82, 2.24) is 4.90 Å². The monoisotopic (exact) mass is 231 g/mol. The van der Waals surface area contributed by atoms with Crippen LogP contribution in [0.1, 0.15) is 40.5 Å². The molecule has 1 N–H and O–H groups in total. The molecule has 0 heterocycles. The summed E-state index contributed by atoms with van der Waals surface area (Å²) in [5.74, 6) is -0.225. The van der Waals surface area contributed by atoms with Gasteiger partial charge in [-0.2, -0.15) is 0 Å². The molecule has 0 aromatic heterocycles. The zero-order valence-corrected chi connectivity index (χ0v) is 11.0. The third-order valence-corrected chi connectivity index (χ3v) is 2.02. The minimum absolute atomic E-state index is 0.0759. The van der Waals surface area contributed by atoms with Gasteiger partial charge in [0.2, 0.25) is 0 Å². The molecule has 96 valence electrons. The molecule has 16 heavy (non-hydrogen) atoms. The molecule has 0 aliphatic heterocycles. The molecule has 0 fully saturated rings. The third-order valence-electron chi connectivity index (χ3n) is 2.02. The second-order valence-electron chi connectivity index (χ2n) is 4.94. The number of hydrogen-bond donors (Lipinski definition) is 1. The number of rotatable bonds is 7. The highest BCUT2D eigenvalue weighted by molar-refractivity contribution is 5.72. The van der Waals surface area contributed by atoms with Crippen LogP contribution in [-0.2, 0) is 9.53 Å². The first-order valence-corrected chi connectivity index (χ1v) is 5.94. The first-order chi connectivity index (χ1) is 7.39. The Hall–Kier alpha value is -0.610. The molecular weight excluding hydrogens is 206 g/mol. The van der Waals surface area contributed by atoms with E-state index in [-0.39, 0.29) is 19.1 Å². The summed E-state index contributed by atoms with van der Waals surface area (Å²) < 4.78 is 5.23. The molecule has 0 saturated carbocycles. The lowest BCUT2D eigenvalue weighted by Gasteiger charge is -2.24. The minimum atomic E-state index is -0.438. The van der Waals surface area contributed by atoms with E-state index in [0.717, 1.165) is 19.4 Å². The fourth-order valence-electron chi connectivity index (χ4n) is 1.35. The molecule has 0 aliphatic rings. The number of aliphatic hydroxyl groups is 1. The van der Waals surface area contributed by atoms with E-state index in [1.165, 1.54) is 0 Å². The van der Waals surface area contributed by atoms with Crippen molar-refractivity contribution in [3.8, 4) is 0 Å². The van der Waals surface area contributed by atoms with E-state index in [4.69, 9.17) is 9.84 Å². The Morgan fingerprint density at radius 1 is 1.31 bits per heavy atom. The van der Waals surface area contributed by atoms with Gasteiger partial charge in [0.15, 0.2) is 0 Å². The average molecular weight is 231 g/mol. The van der Waals surface area contributed by atoms with Gasteiger partial charge in [-0.25, -0.2) is 0 Å². The number of carbonyl (C=O) groups is 1. The SMILES string of the molecule is CCCCN(CCO)CC(=O)OC(C)(C)C. The van der Waals surface area contributed by atoms with Crippen LogP contribution >= 0.6 is 0 Å². The van der Waals surface area contributed by atoms with Gasteiger partial charge in [0.05, 0.1) is 13.2 Å². The Morgan fingerprint density at radius 2 is 1.94 bits per heavy atom. The second-order valence-corrected chi connectivity index (χ2v) is 4.94. The molecule has 0 aliphatic carbocycles. The van der Waals surface area contributed by atoms with Crippen LogP contribution in [0, 0.1) is 0 Å². The zero-order valence-electron chi connectivity index (χ0n) is 11.0. The van der Waals surface area contributed by atoms with Crippen LogP contribution in [0.4, 0.5) is 0 Å². The number of esters is 1.